The van der Waals surface area contributed by atoms with Gasteiger partial charge in [-0.1, -0.05) is 0 Å². The fourth-order valence-electron chi connectivity index (χ4n) is 8.01. The molecule has 8 heteroatoms. The van der Waals surface area contributed by atoms with Crippen molar-refractivity contribution in [1.29, 1.82) is 0 Å². The largest absolute Gasteiger partial charge is 0.481 e. The molecule has 4 saturated heterocycles. The second-order valence-electron chi connectivity index (χ2n) is 13.1. The Morgan fingerprint density at radius 2 is 0.711 bits per heavy atom. The zero-order chi connectivity index (χ0) is 26.2. The molecule has 0 aromatic heterocycles. The Morgan fingerprint density at radius 3 is 0.921 bits per heavy atom. The summed E-state index contributed by atoms with van der Waals surface area (Å²) in [6, 6.07) is 0. The van der Waals surface area contributed by atoms with Gasteiger partial charge in [0, 0.05) is 12.8 Å². The van der Waals surface area contributed by atoms with Gasteiger partial charge in [-0.15, -0.1) is 0 Å². The summed E-state index contributed by atoms with van der Waals surface area (Å²) < 4.78 is 22.4. The third-order valence-electron chi connectivity index (χ3n) is 10.5. The molecule has 0 aromatic rings. The van der Waals surface area contributed by atoms with Crippen LogP contribution in [0.1, 0.15) is 103 Å². The van der Waals surface area contributed by atoms with Crippen LogP contribution in [0.15, 0.2) is 0 Å². The van der Waals surface area contributed by atoms with E-state index in [0.717, 1.165) is 23.7 Å². The van der Waals surface area contributed by atoms with Crippen molar-refractivity contribution in [3.05, 3.63) is 0 Å². The quantitative estimate of drug-likeness (QED) is 0.347. The van der Waals surface area contributed by atoms with Crippen molar-refractivity contribution in [2.24, 2.45) is 23.7 Å². The molecule has 214 valence electrons. The summed E-state index contributed by atoms with van der Waals surface area (Å²) in [5, 5.41) is 16.3. The fraction of sp³-hybridized carbons (Fsp3) is 0.933. The van der Waals surface area contributed by atoms with E-state index in [0.29, 0.717) is 61.7 Å². The minimum atomic E-state index is -0.870. The summed E-state index contributed by atoms with van der Waals surface area (Å²) in [6.45, 7) is 0. The molecule has 4 heterocycles. The van der Waals surface area contributed by atoms with Gasteiger partial charge < -0.3 is 29.2 Å². The Morgan fingerprint density at radius 1 is 0.447 bits per heavy atom. The molecule has 0 radical (unpaired) electrons. The van der Waals surface area contributed by atoms with E-state index in [1.165, 1.54) is 77.0 Å². The average molecular weight is 535 g/mol. The summed E-state index contributed by atoms with van der Waals surface area (Å²) in [5.74, 6) is 2.11. The highest BCUT2D eigenvalue weighted by atomic mass is 16.6. The van der Waals surface area contributed by atoms with Crippen LogP contribution in [0.4, 0.5) is 0 Å². The number of carbonyl (C=O) groups is 2. The lowest BCUT2D eigenvalue weighted by Crippen LogP contribution is -2.26. The third kappa shape index (κ3) is 7.29. The van der Waals surface area contributed by atoms with Crippen LogP contribution in [-0.4, -0.2) is 71.0 Å². The van der Waals surface area contributed by atoms with Crippen molar-refractivity contribution in [3.63, 3.8) is 0 Å². The van der Waals surface area contributed by atoms with Crippen LogP contribution in [0.25, 0.3) is 0 Å². The van der Waals surface area contributed by atoms with Crippen LogP contribution < -0.4 is 0 Å². The van der Waals surface area contributed by atoms with Crippen LogP contribution in [0.3, 0.4) is 0 Å². The molecule has 12 unspecified atom stereocenters. The molecule has 2 N–H and O–H groups in total. The lowest BCUT2D eigenvalue weighted by atomic mass is 9.73. The van der Waals surface area contributed by atoms with Crippen LogP contribution in [0, 0.1) is 23.7 Å². The van der Waals surface area contributed by atoms with Gasteiger partial charge in [0.2, 0.25) is 0 Å². The molecule has 0 aromatic carbocycles. The number of rotatable bonds is 7. The van der Waals surface area contributed by atoms with Gasteiger partial charge in [-0.25, -0.2) is 0 Å². The van der Waals surface area contributed by atoms with Crippen LogP contribution in [0.5, 0.6) is 0 Å². The standard InChI is InChI=1S/2C12H18O2.C6H10O4/c2*1-3-9-11(13-9)5-7(1)8-2-4-10-12(6-8)14-10;7-5(8)3-1-2-4-6(9)10/h2*7-12H,1-6H2;1-4H2,(H,7,8)(H,9,10). The Hall–Kier alpha value is -1.22. The van der Waals surface area contributed by atoms with Gasteiger partial charge in [-0.05, 0) is 114 Å². The zero-order valence-corrected chi connectivity index (χ0v) is 22.6. The molecule has 8 rings (SSSR count). The maximum Gasteiger partial charge on any atom is 0.303 e. The molecule has 4 aliphatic carbocycles. The molecule has 8 aliphatic rings. The number of fused-ring (bicyclic) bond motifs is 4. The second-order valence-corrected chi connectivity index (χ2v) is 13.1. The Labute approximate surface area is 226 Å². The first kappa shape index (κ1) is 27.0. The first-order valence-corrected chi connectivity index (χ1v) is 15.5. The van der Waals surface area contributed by atoms with Crippen LogP contribution in [-0.2, 0) is 28.5 Å². The summed E-state index contributed by atoms with van der Waals surface area (Å²) in [4.78, 5) is 19.8. The molecule has 4 aliphatic heterocycles. The van der Waals surface area contributed by atoms with Gasteiger partial charge in [0.05, 0.1) is 48.8 Å². The molecular weight excluding hydrogens is 488 g/mol. The van der Waals surface area contributed by atoms with E-state index in [1.54, 1.807) is 0 Å². The Bertz CT molecular complexity index is 728. The Kier molecular flexibility index (Phi) is 8.32. The molecule has 0 amide bonds. The van der Waals surface area contributed by atoms with E-state index < -0.39 is 11.9 Å². The van der Waals surface area contributed by atoms with E-state index >= 15 is 0 Å². The first-order valence-electron chi connectivity index (χ1n) is 15.5. The number of unbranched alkanes of at least 4 members (excludes halogenated alkanes) is 1. The van der Waals surface area contributed by atoms with Gasteiger partial charge in [0.25, 0.3) is 0 Å². The van der Waals surface area contributed by atoms with Crippen molar-refractivity contribution in [2.75, 3.05) is 0 Å². The molecule has 0 bridgehead atoms. The first-order chi connectivity index (χ1) is 18.4. The van der Waals surface area contributed by atoms with Crippen molar-refractivity contribution >= 4 is 11.9 Å². The smallest absolute Gasteiger partial charge is 0.303 e. The average Bonchev–Trinajstić information content (AvgIpc) is 3.75. The lowest BCUT2D eigenvalue weighted by molar-refractivity contribution is -0.139. The topological polar surface area (TPSA) is 125 Å². The highest BCUT2D eigenvalue weighted by Crippen LogP contribution is 2.50. The van der Waals surface area contributed by atoms with Crippen molar-refractivity contribution in [1.82, 2.24) is 0 Å². The van der Waals surface area contributed by atoms with Crippen molar-refractivity contribution < 1.29 is 38.7 Å². The van der Waals surface area contributed by atoms with E-state index in [9.17, 15) is 9.59 Å². The monoisotopic (exact) mass is 534 g/mol. The van der Waals surface area contributed by atoms with Gasteiger partial charge in [0.15, 0.2) is 0 Å². The second kappa shape index (κ2) is 11.7. The molecular formula is C30H46O8. The van der Waals surface area contributed by atoms with E-state index in [2.05, 4.69) is 0 Å². The lowest BCUT2D eigenvalue weighted by Gasteiger charge is -2.30. The number of hydrogen-bond donors (Lipinski definition) is 2. The minimum absolute atomic E-state index is 0.0628. The van der Waals surface area contributed by atoms with Crippen molar-refractivity contribution in [3.8, 4) is 0 Å². The van der Waals surface area contributed by atoms with Crippen molar-refractivity contribution in [2.45, 2.75) is 152 Å². The number of hydrogen-bond acceptors (Lipinski definition) is 6. The summed E-state index contributed by atoms with van der Waals surface area (Å²) >= 11 is 0. The Balaban J connectivity index is 0.000000107. The van der Waals surface area contributed by atoms with Crippen LogP contribution in [0.2, 0.25) is 0 Å². The maximum atomic E-state index is 9.90. The van der Waals surface area contributed by atoms with E-state index in [-0.39, 0.29) is 12.8 Å². The highest BCUT2D eigenvalue weighted by Gasteiger charge is 2.51. The molecule has 4 saturated carbocycles. The number of ether oxygens (including phenoxy) is 4. The van der Waals surface area contributed by atoms with E-state index in [1.807, 2.05) is 0 Å². The molecule has 38 heavy (non-hydrogen) atoms. The zero-order valence-electron chi connectivity index (χ0n) is 22.6. The molecule has 8 nitrogen and oxygen atoms in total. The van der Waals surface area contributed by atoms with Gasteiger partial charge in [0.1, 0.15) is 0 Å². The van der Waals surface area contributed by atoms with Gasteiger partial charge >= 0.3 is 11.9 Å². The summed E-state index contributed by atoms with van der Waals surface area (Å²) in [5.41, 5.74) is 0. The number of carboxylic acids is 2. The third-order valence-corrected chi connectivity index (χ3v) is 10.5. The normalized spacial score (nSPS) is 46.6. The summed E-state index contributed by atoms with van der Waals surface area (Å²) in [7, 11) is 0. The predicted molar refractivity (Wildman–Crippen MR) is 138 cm³/mol. The number of aliphatic carboxylic acids is 2. The van der Waals surface area contributed by atoms with Gasteiger partial charge in [-0.2, -0.15) is 0 Å². The fourth-order valence-corrected chi connectivity index (χ4v) is 8.01. The number of epoxide rings is 4. The molecule has 12 atom stereocenters. The number of carboxylic acid groups (broad SMARTS) is 2. The van der Waals surface area contributed by atoms with Gasteiger partial charge in [-0.3, -0.25) is 9.59 Å². The highest BCUT2D eigenvalue weighted by molar-refractivity contribution is 5.67. The minimum Gasteiger partial charge on any atom is -0.481 e. The van der Waals surface area contributed by atoms with Crippen LogP contribution >= 0.6 is 0 Å². The molecule has 0 spiro atoms. The molecule has 8 fully saturated rings. The maximum absolute atomic E-state index is 9.90. The van der Waals surface area contributed by atoms with E-state index in [4.69, 9.17) is 29.2 Å². The predicted octanol–water partition coefficient (Wildman–Crippen LogP) is 4.96. The summed E-state index contributed by atoms with van der Waals surface area (Å²) in [6.07, 6.45) is 22.8. The SMILES string of the molecule is C1CC2OC2CC1C1CCC2OC2C1.C1CC2OC2CC1C1CCC2OC2C1.O=C(O)CCCCC(=O)O.